The Balaban J connectivity index is 0.000000245. The van der Waals surface area contributed by atoms with E-state index in [2.05, 4.69) is 9.64 Å². The summed E-state index contributed by atoms with van der Waals surface area (Å²) in [6, 6.07) is 0. The largest absolute Gasteiger partial charge is 0.465 e. The molecule has 4 heterocycles. The van der Waals surface area contributed by atoms with Crippen LogP contribution in [0.2, 0.25) is 0 Å². The van der Waals surface area contributed by atoms with E-state index in [1.807, 2.05) is 6.92 Å². The topological polar surface area (TPSA) is 108 Å². The molecule has 2 fully saturated rings. The van der Waals surface area contributed by atoms with Crippen LogP contribution in [0.3, 0.4) is 0 Å². The Hall–Kier alpha value is -2.44. The van der Waals surface area contributed by atoms with Crippen LogP contribution >= 0.6 is 22.7 Å². The van der Waals surface area contributed by atoms with Gasteiger partial charge in [0.2, 0.25) is 0 Å². The lowest BCUT2D eigenvalue weighted by molar-refractivity contribution is 0.0370. The number of hydrogen-bond acceptors (Lipinski definition) is 11. The van der Waals surface area contributed by atoms with Gasteiger partial charge in [-0.15, -0.1) is 22.7 Å². The van der Waals surface area contributed by atoms with Crippen molar-refractivity contribution in [3.8, 4) is 0 Å². The third kappa shape index (κ3) is 11.1. The van der Waals surface area contributed by atoms with Crippen molar-refractivity contribution < 1.29 is 38.1 Å². The summed E-state index contributed by atoms with van der Waals surface area (Å²) in [7, 11) is 2.69. The van der Waals surface area contributed by atoms with E-state index in [1.165, 1.54) is 56.2 Å². The van der Waals surface area contributed by atoms with E-state index in [-0.39, 0.29) is 23.5 Å². The molecule has 2 aliphatic rings. The van der Waals surface area contributed by atoms with Gasteiger partial charge in [-0.25, -0.2) is 9.59 Å². The first kappa shape index (κ1) is 34.8. The molecule has 0 aromatic carbocycles. The maximum Gasteiger partial charge on any atom is 0.338 e. The highest BCUT2D eigenvalue weighted by Crippen LogP contribution is 2.25. The molecule has 41 heavy (non-hydrogen) atoms. The molecule has 0 unspecified atom stereocenters. The van der Waals surface area contributed by atoms with Gasteiger partial charge >= 0.3 is 11.9 Å². The van der Waals surface area contributed by atoms with Crippen molar-refractivity contribution in [1.82, 2.24) is 4.90 Å². The van der Waals surface area contributed by atoms with Gasteiger partial charge in [0.05, 0.1) is 48.3 Å². The zero-order chi connectivity index (χ0) is 30.2. The van der Waals surface area contributed by atoms with Gasteiger partial charge in [-0.05, 0) is 50.7 Å². The molecule has 228 valence electrons. The number of ketones is 2. The molecule has 0 spiro atoms. The fourth-order valence-electron chi connectivity index (χ4n) is 4.23. The van der Waals surface area contributed by atoms with Crippen molar-refractivity contribution in [2.24, 2.45) is 0 Å². The number of morpholine rings is 1. The Kier molecular flexibility index (Phi) is 16.0. The van der Waals surface area contributed by atoms with Gasteiger partial charge in [-0.1, -0.05) is 6.92 Å². The summed E-state index contributed by atoms with van der Waals surface area (Å²) in [6.45, 7) is 11.5. The molecule has 0 aliphatic carbocycles. The van der Waals surface area contributed by atoms with Gasteiger partial charge in [-0.2, -0.15) is 0 Å². The van der Waals surface area contributed by atoms with Crippen LogP contribution in [0.1, 0.15) is 96.6 Å². The number of carbonyl (C=O) groups is 4. The Morgan fingerprint density at radius 2 is 1.22 bits per heavy atom. The predicted octanol–water partition coefficient (Wildman–Crippen LogP) is 5.76. The van der Waals surface area contributed by atoms with Crippen LogP contribution in [0.15, 0.2) is 10.8 Å². The van der Waals surface area contributed by atoms with Crippen molar-refractivity contribution in [2.45, 2.75) is 59.3 Å². The van der Waals surface area contributed by atoms with Gasteiger partial charge in [0.25, 0.3) is 0 Å². The molecule has 4 rings (SSSR count). The average Bonchev–Trinajstić information content (AvgIpc) is 3.59. The fourth-order valence-corrected chi connectivity index (χ4v) is 6.29. The van der Waals surface area contributed by atoms with Gasteiger partial charge in [-0.3, -0.25) is 14.5 Å². The van der Waals surface area contributed by atoms with Crippen LogP contribution in [-0.2, 0) is 18.9 Å². The van der Waals surface area contributed by atoms with E-state index >= 15 is 0 Å². The quantitative estimate of drug-likeness (QED) is 0.259. The molecule has 0 bridgehead atoms. The number of esters is 2. The number of thiophene rings is 2. The summed E-state index contributed by atoms with van der Waals surface area (Å²) in [6.07, 6.45) is 5.76. The van der Waals surface area contributed by atoms with Gasteiger partial charge in [0.1, 0.15) is 0 Å². The maximum atomic E-state index is 12.2. The molecule has 0 atom stereocenters. The van der Waals surface area contributed by atoms with Crippen molar-refractivity contribution in [3.05, 3.63) is 42.8 Å². The van der Waals surface area contributed by atoms with Gasteiger partial charge in [0, 0.05) is 56.4 Å². The molecule has 2 aliphatic heterocycles. The van der Waals surface area contributed by atoms with Gasteiger partial charge < -0.3 is 18.9 Å². The first-order valence-electron chi connectivity index (χ1n) is 14.0. The Morgan fingerprint density at radius 1 is 0.756 bits per heavy atom. The van der Waals surface area contributed by atoms with Crippen LogP contribution in [-0.4, -0.2) is 88.7 Å². The van der Waals surface area contributed by atoms with Crippen LogP contribution in [0.5, 0.6) is 0 Å². The summed E-state index contributed by atoms with van der Waals surface area (Å²) >= 11 is 2.64. The van der Waals surface area contributed by atoms with E-state index in [1.54, 1.807) is 24.6 Å². The number of nitrogens with zero attached hydrogens (tertiary/aromatic N) is 1. The number of ether oxygens (including phenoxy) is 4. The molecule has 0 radical (unpaired) electrons. The molecule has 9 nitrogen and oxygen atoms in total. The van der Waals surface area contributed by atoms with Crippen LogP contribution in [0.25, 0.3) is 0 Å². The Labute approximate surface area is 251 Å². The molecular formula is C30H43NO8S2. The summed E-state index contributed by atoms with van der Waals surface area (Å²) in [5.41, 5.74) is 2.47. The van der Waals surface area contributed by atoms with E-state index < -0.39 is 0 Å². The SMILES string of the molecule is C1CCOCC1.CCCC(=O)c1scc(C(=O)OC)c1C.COC(=O)c1csc(C(=O)CCN2CCOCC2)c1C. The average molecular weight is 610 g/mol. The zero-order valence-electron chi connectivity index (χ0n) is 24.9. The highest BCUT2D eigenvalue weighted by atomic mass is 32.1. The van der Waals surface area contributed by atoms with E-state index in [0.717, 1.165) is 63.6 Å². The summed E-state index contributed by atoms with van der Waals surface area (Å²) in [5, 5.41) is 3.38. The Bertz CT molecular complexity index is 1120. The minimum Gasteiger partial charge on any atom is -0.465 e. The lowest BCUT2D eigenvalue weighted by atomic mass is 10.1. The smallest absolute Gasteiger partial charge is 0.338 e. The lowest BCUT2D eigenvalue weighted by Gasteiger charge is -2.26. The molecule has 2 aromatic heterocycles. The first-order chi connectivity index (χ1) is 19.7. The van der Waals surface area contributed by atoms with Crippen LogP contribution in [0, 0.1) is 13.8 Å². The second-order valence-electron chi connectivity index (χ2n) is 9.66. The maximum absolute atomic E-state index is 12.2. The number of carbonyl (C=O) groups excluding carboxylic acids is 4. The molecule has 2 saturated heterocycles. The molecule has 0 amide bonds. The summed E-state index contributed by atoms with van der Waals surface area (Å²) < 4.78 is 19.7. The van der Waals surface area contributed by atoms with E-state index in [9.17, 15) is 19.2 Å². The minimum absolute atomic E-state index is 0.0918. The summed E-state index contributed by atoms with van der Waals surface area (Å²) in [5.74, 6) is -0.561. The van der Waals surface area contributed by atoms with Crippen molar-refractivity contribution in [2.75, 3.05) is 60.3 Å². The number of Topliss-reactive ketones (excluding diaryl/α,β-unsaturated/α-hetero) is 2. The summed E-state index contributed by atoms with van der Waals surface area (Å²) in [4.78, 5) is 50.3. The van der Waals surface area contributed by atoms with Crippen molar-refractivity contribution in [1.29, 1.82) is 0 Å². The Morgan fingerprint density at radius 3 is 1.61 bits per heavy atom. The van der Waals surface area contributed by atoms with E-state index in [4.69, 9.17) is 14.2 Å². The van der Waals surface area contributed by atoms with Crippen molar-refractivity contribution >= 4 is 46.2 Å². The molecule has 0 N–H and O–H groups in total. The normalized spacial score (nSPS) is 15.0. The third-order valence-corrected chi connectivity index (χ3v) is 8.96. The molecule has 11 heteroatoms. The molecule has 0 saturated carbocycles. The van der Waals surface area contributed by atoms with Crippen LogP contribution in [0.4, 0.5) is 0 Å². The first-order valence-corrected chi connectivity index (χ1v) is 15.8. The molecule has 2 aromatic rings. The van der Waals surface area contributed by atoms with Crippen molar-refractivity contribution in [3.63, 3.8) is 0 Å². The monoisotopic (exact) mass is 609 g/mol. The molecular weight excluding hydrogens is 566 g/mol. The fraction of sp³-hybridized carbons (Fsp3) is 0.600. The van der Waals surface area contributed by atoms with Gasteiger partial charge in [0.15, 0.2) is 11.6 Å². The highest BCUT2D eigenvalue weighted by molar-refractivity contribution is 7.13. The number of methoxy groups -OCH3 is 2. The standard InChI is InChI=1S/C14H19NO4S.C11H14O3S.C5H10O/c1-10-11(14(17)18-2)9-20-13(10)12(16)3-4-15-5-7-19-8-6-15;1-4-5-9(12)10-7(2)8(6-15-10)11(13)14-3;1-2-4-6-5-3-1/h9H,3-8H2,1-2H3;6H,4-5H2,1-3H3;1-5H2. The lowest BCUT2D eigenvalue weighted by Crippen LogP contribution is -2.37. The third-order valence-electron chi connectivity index (χ3n) is 6.71. The zero-order valence-corrected chi connectivity index (χ0v) is 26.5. The second-order valence-corrected chi connectivity index (χ2v) is 11.4. The highest BCUT2D eigenvalue weighted by Gasteiger charge is 2.21. The number of rotatable bonds is 9. The predicted molar refractivity (Wildman–Crippen MR) is 161 cm³/mol. The van der Waals surface area contributed by atoms with E-state index in [0.29, 0.717) is 33.7 Å². The number of hydrogen-bond donors (Lipinski definition) is 0. The van der Waals surface area contributed by atoms with Crippen LogP contribution < -0.4 is 0 Å². The minimum atomic E-state index is -0.383. The second kappa shape index (κ2) is 18.9.